The Morgan fingerprint density at radius 3 is 2.56 bits per heavy atom. The van der Waals surface area contributed by atoms with Gasteiger partial charge in [0.2, 0.25) is 0 Å². The summed E-state index contributed by atoms with van der Waals surface area (Å²) in [5.74, 6) is 0.815. The number of nitrogens with one attached hydrogen (secondary N) is 1. The summed E-state index contributed by atoms with van der Waals surface area (Å²) in [5.41, 5.74) is 3.26. The fraction of sp³-hybridized carbons (Fsp3) is 0.308. The van der Waals surface area contributed by atoms with E-state index in [0.717, 1.165) is 22.5 Å². The molecule has 16 heavy (non-hydrogen) atoms. The molecular weight excluding hydrogens is 200 g/mol. The summed E-state index contributed by atoms with van der Waals surface area (Å²) in [7, 11) is 0. The van der Waals surface area contributed by atoms with Crippen molar-refractivity contribution in [2.75, 3.05) is 0 Å². The lowest BCUT2D eigenvalue weighted by molar-refractivity contribution is 0.174. The number of aliphatic hydroxyl groups is 1. The summed E-state index contributed by atoms with van der Waals surface area (Å²) in [6.07, 6.45) is 3.51. The maximum absolute atomic E-state index is 10.2. The lowest BCUT2D eigenvalue weighted by Gasteiger charge is -2.15. The molecule has 84 valence electrons. The van der Waals surface area contributed by atoms with Gasteiger partial charge >= 0.3 is 0 Å². The number of nitrogens with zero attached hydrogens (tertiary/aromatic N) is 1. The van der Waals surface area contributed by atoms with Crippen LogP contribution in [0.25, 0.3) is 0 Å². The van der Waals surface area contributed by atoms with E-state index in [-0.39, 0.29) is 0 Å². The van der Waals surface area contributed by atoms with Crippen molar-refractivity contribution in [3.05, 3.63) is 53.1 Å². The molecule has 0 spiro atoms. The maximum atomic E-state index is 10.2. The van der Waals surface area contributed by atoms with Crippen LogP contribution in [-0.2, 0) is 6.42 Å². The summed E-state index contributed by atoms with van der Waals surface area (Å²) in [4.78, 5) is 7.13. The molecule has 0 aliphatic rings. The number of aromatic amines is 1. The number of aliphatic hydroxyl groups excluding tert-OH is 1. The first-order valence-electron chi connectivity index (χ1n) is 5.41. The second-order valence-corrected chi connectivity index (χ2v) is 4.06. The number of benzene rings is 1. The Balaban J connectivity index is 2.24. The highest BCUT2D eigenvalue weighted by atomic mass is 16.3. The van der Waals surface area contributed by atoms with Crippen LogP contribution >= 0.6 is 0 Å². The number of hydrogen-bond acceptors (Lipinski definition) is 2. The third kappa shape index (κ3) is 2.14. The first-order chi connectivity index (χ1) is 7.68. The van der Waals surface area contributed by atoms with Gasteiger partial charge in [0, 0.05) is 18.8 Å². The first-order valence-corrected chi connectivity index (χ1v) is 5.41. The minimum atomic E-state index is -0.493. The van der Waals surface area contributed by atoms with Crippen molar-refractivity contribution in [3.8, 4) is 0 Å². The van der Waals surface area contributed by atoms with E-state index < -0.39 is 6.10 Å². The van der Waals surface area contributed by atoms with E-state index in [2.05, 4.69) is 9.97 Å². The Kier molecular flexibility index (Phi) is 3.06. The second-order valence-electron chi connectivity index (χ2n) is 4.06. The summed E-state index contributed by atoms with van der Waals surface area (Å²) >= 11 is 0. The zero-order chi connectivity index (χ0) is 11.5. The van der Waals surface area contributed by atoms with Crippen LogP contribution in [0.5, 0.6) is 0 Å². The van der Waals surface area contributed by atoms with E-state index in [1.165, 1.54) is 0 Å². The Morgan fingerprint density at radius 2 is 2.00 bits per heavy atom. The topological polar surface area (TPSA) is 48.9 Å². The van der Waals surface area contributed by atoms with Gasteiger partial charge in [-0.25, -0.2) is 4.98 Å². The van der Waals surface area contributed by atoms with Crippen molar-refractivity contribution in [2.24, 2.45) is 0 Å². The van der Waals surface area contributed by atoms with Gasteiger partial charge in [-0.15, -0.1) is 0 Å². The van der Waals surface area contributed by atoms with Gasteiger partial charge in [0.25, 0.3) is 0 Å². The lowest BCUT2D eigenvalue weighted by atomic mass is 9.96. The van der Waals surface area contributed by atoms with Crippen LogP contribution in [0.1, 0.15) is 28.6 Å². The van der Waals surface area contributed by atoms with Crippen LogP contribution < -0.4 is 0 Å². The molecule has 0 fully saturated rings. The molecule has 0 aliphatic heterocycles. The maximum Gasteiger partial charge on any atom is 0.108 e. The molecule has 0 amide bonds. The zero-order valence-electron chi connectivity index (χ0n) is 9.57. The van der Waals surface area contributed by atoms with Crippen LogP contribution in [0, 0.1) is 13.8 Å². The normalized spacial score (nSPS) is 12.7. The van der Waals surface area contributed by atoms with Gasteiger partial charge in [-0.2, -0.15) is 0 Å². The van der Waals surface area contributed by atoms with Gasteiger partial charge in [-0.05, 0) is 30.5 Å². The predicted molar refractivity (Wildman–Crippen MR) is 63.2 cm³/mol. The molecule has 2 rings (SSSR count). The van der Waals surface area contributed by atoms with Gasteiger partial charge in [-0.1, -0.05) is 18.2 Å². The number of aromatic nitrogens is 2. The lowest BCUT2D eigenvalue weighted by Crippen LogP contribution is -2.07. The molecule has 1 heterocycles. The minimum Gasteiger partial charge on any atom is -0.388 e. The van der Waals surface area contributed by atoms with E-state index in [0.29, 0.717) is 6.42 Å². The average Bonchev–Trinajstić information content (AvgIpc) is 2.70. The summed E-state index contributed by atoms with van der Waals surface area (Å²) in [6.45, 7) is 4.04. The molecule has 3 nitrogen and oxygen atoms in total. The van der Waals surface area contributed by atoms with Gasteiger partial charge < -0.3 is 10.1 Å². The van der Waals surface area contributed by atoms with Crippen molar-refractivity contribution >= 4 is 0 Å². The van der Waals surface area contributed by atoms with Crippen LogP contribution in [-0.4, -0.2) is 15.1 Å². The van der Waals surface area contributed by atoms with E-state index in [1.807, 2.05) is 32.0 Å². The monoisotopic (exact) mass is 216 g/mol. The van der Waals surface area contributed by atoms with Gasteiger partial charge in [-0.3, -0.25) is 0 Å². The number of aryl methyl sites for hydroxylation is 2. The van der Waals surface area contributed by atoms with E-state index in [4.69, 9.17) is 0 Å². The Morgan fingerprint density at radius 1 is 1.31 bits per heavy atom. The molecule has 1 aromatic carbocycles. The SMILES string of the molecule is Cc1cccc(C)c1C(O)Cc1ncc[nH]1. The van der Waals surface area contributed by atoms with E-state index in [1.54, 1.807) is 12.4 Å². The van der Waals surface area contributed by atoms with Crippen molar-refractivity contribution in [2.45, 2.75) is 26.4 Å². The fourth-order valence-electron chi connectivity index (χ4n) is 2.05. The van der Waals surface area contributed by atoms with Crippen LogP contribution in [0.3, 0.4) is 0 Å². The molecule has 0 saturated heterocycles. The van der Waals surface area contributed by atoms with Crippen molar-refractivity contribution < 1.29 is 5.11 Å². The zero-order valence-corrected chi connectivity index (χ0v) is 9.57. The largest absolute Gasteiger partial charge is 0.388 e. The predicted octanol–water partition coefficient (Wildman–Crippen LogP) is 2.30. The molecule has 3 heteroatoms. The molecule has 2 N–H and O–H groups in total. The minimum absolute atomic E-state index is 0.493. The fourth-order valence-corrected chi connectivity index (χ4v) is 2.05. The molecule has 2 aromatic rings. The van der Waals surface area contributed by atoms with Crippen LogP contribution in [0.4, 0.5) is 0 Å². The third-order valence-corrected chi connectivity index (χ3v) is 2.82. The molecule has 0 aliphatic carbocycles. The van der Waals surface area contributed by atoms with Crippen molar-refractivity contribution in [1.82, 2.24) is 9.97 Å². The van der Waals surface area contributed by atoms with E-state index in [9.17, 15) is 5.11 Å². The Hall–Kier alpha value is -1.61. The summed E-state index contributed by atoms with van der Waals surface area (Å²) in [6, 6.07) is 6.05. The highest BCUT2D eigenvalue weighted by Gasteiger charge is 2.14. The number of H-pyrrole nitrogens is 1. The summed E-state index contributed by atoms with van der Waals surface area (Å²) < 4.78 is 0. The Bertz CT molecular complexity index is 443. The highest BCUT2D eigenvalue weighted by Crippen LogP contribution is 2.23. The van der Waals surface area contributed by atoms with E-state index >= 15 is 0 Å². The van der Waals surface area contributed by atoms with Gasteiger partial charge in [0.15, 0.2) is 0 Å². The molecule has 0 bridgehead atoms. The van der Waals surface area contributed by atoms with Crippen LogP contribution in [0.2, 0.25) is 0 Å². The standard InChI is InChI=1S/C13H16N2O/c1-9-4-3-5-10(2)13(9)11(16)8-12-14-6-7-15-12/h3-7,11,16H,8H2,1-2H3,(H,14,15). The highest BCUT2D eigenvalue weighted by molar-refractivity contribution is 5.35. The molecule has 0 saturated carbocycles. The number of imidazole rings is 1. The Labute approximate surface area is 95.2 Å². The molecule has 0 radical (unpaired) electrons. The first kappa shape index (κ1) is 10.9. The number of hydrogen-bond donors (Lipinski definition) is 2. The molecule has 1 aromatic heterocycles. The van der Waals surface area contributed by atoms with Gasteiger partial charge in [0.05, 0.1) is 6.10 Å². The van der Waals surface area contributed by atoms with Crippen LogP contribution in [0.15, 0.2) is 30.6 Å². The molecule has 1 atom stereocenters. The second kappa shape index (κ2) is 4.49. The van der Waals surface area contributed by atoms with Crippen molar-refractivity contribution in [1.29, 1.82) is 0 Å². The smallest absolute Gasteiger partial charge is 0.108 e. The third-order valence-electron chi connectivity index (χ3n) is 2.82. The van der Waals surface area contributed by atoms with Gasteiger partial charge in [0.1, 0.15) is 5.82 Å². The molecule has 1 unspecified atom stereocenters. The summed E-state index contributed by atoms with van der Waals surface area (Å²) in [5, 5.41) is 10.2. The molecular formula is C13H16N2O. The van der Waals surface area contributed by atoms with Crippen molar-refractivity contribution in [3.63, 3.8) is 0 Å². The quantitative estimate of drug-likeness (QED) is 0.827. The number of rotatable bonds is 3. The average molecular weight is 216 g/mol.